The van der Waals surface area contributed by atoms with Crippen LogP contribution in [0.2, 0.25) is 0 Å². The lowest BCUT2D eigenvalue weighted by atomic mass is 9.97. The zero-order chi connectivity index (χ0) is 24.6. The Kier molecular flexibility index (Phi) is 9.39. The summed E-state index contributed by atoms with van der Waals surface area (Å²) in [6.07, 6.45) is 3.69. The van der Waals surface area contributed by atoms with Gasteiger partial charge in [0.2, 0.25) is 0 Å². The number of carboxylic acid groups (broad SMARTS) is 1. The topological polar surface area (TPSA) is 125 Å². The van der Waals surface area contributed by atoms with Gasteiger partial charge in [0, 0.05) is 22.9 Å². The first-order chi connectivity index (χ1) is 16.3. The van der Waals surface area contributed by atoms with Crippen molar-refractivity contribution in [3.8, 4) is 11.1 Å². The second-order valence-corrected chi connectivity index (χ2v) is 12.6. The first kappa shape index (κ1) is 26.1. The number of thioether (sulfide) groups is 1. The third-order valence-corrected chi connectivity index (χ3v) is 8.85. The average molecular weight is 538 g/mol. The second kappa shape index (κ2) is 12.2. The lowest BCUT2D eigenvalue weighted by Crippen LogP contribution is -2.41. The van der Waals surface area contributed by atoms with Crippen molar-refractivity contribution in [2.45, 2.75) is 18.2 Å². The molecule has 1 heterocycles. The quantitative estimate of drug-likeness (QED) is 0.292. The number of anilines is 1. The molecule has 1 aromatic heterocycles. The fourth-order valence-electron chi connectivity index (χ4n) is 3.02. The van der Waals surface area contributed by atoms with Crippen LogP contribution in [-0.2, 0) is 19.6 Å². The van der Waals surface area contributed by atoms with Gasteiger partial charge in [-0.15, -0.1) is 11.3 Å². The van der Waals surface area contributed by atoms with E-state index in [9.17, 15) is 23.1 Å². The highest BCUT2D eigenvalue weighted by Gasteiger charge is 2.22. The van der Waals surface area contributed by atoms with E-state index in [1.165, 1.54) is 29.3 Å². The molecule has 2 aromatic carbocycles. The van der Waals surface area contributed by atoms with Crippen molar-refractivity contribution in [3.63, 3.8) is 0 Å². The maximum atomic E-state index is 13.0. The van der Waals surface area contributed by atoms with E-state index < -0.39 is 27.0 Å². The molecule has 0 radical (unpaired) electrons. The Morgan fingerprint density at radius 2 is 1.94 bits per heavy atom. The Hall–Kier alpha value is -2.54. The van der Waals surface area contributed by atoms with E-state index in [0.717, 1.165) is 16.4 Å². The highest BCUT2D eigenvalue weighted by molar-refractivity contribution is 8.72. The van der Waals surface area contributed by atoms with Crippen molar-refractivity contribution < 1.29 is 23.1 Å². The summed E-state index contributed by atoms with van der Waals surface area (Å²) in [6, 6.07) is 13.2. The minimum absolute atomic E-state index is 0.147. The number of carboxylic acids is 1. The zero-order valence-electron chi connectivity index (χ0n) is 18.1. The zero-order valence-corrected chi connectivity index (χ0v) is 21.4. The van der Waals surface area contributed by atoms with Crippen LogP contribution in [0.15, 0.2) is 60.1 Å². The van der Waals surface area contributed by atoms with Crippen LogP contribution in [0.5, 0.6) is 0 Å². The van der Waals surface area contributed by atoms with E-state index in [2.05, 4.69) is 15.0 Å². The van der Waals surface area contributed by atoms with Gasteiger partial charge < -0.3 is 10.4 Å². The molecule has 1 amide bonds. The van der Waals surface area contributed by atoms with Crippen LogP contribution in [0.3, 0.4) is 0 Å². The van der Waals surface area contributed by atoms with Gasteiger partial charge in [0.05, 0.1) is 0 Å². The molecule has 0 aliphatic rings. The third-order valence-electron chi connectivity index (χ3n) is 4.65. The van der Waals surface area contributed by atoms with Crippen LogP contribution in [0.4, 0.5) is 5.13 Å². The maximum Gasteiger partial charge on any atom is 0.326 e. The molecule has 0 aliphatic heterocycles. The highest BCUT2D eigenvalue weighted by Crippen LogP contribution is 2.29. The van der Waals surface area contributed by atoms with E-state index in [4.69, 9.17) is 0 Å². The molecular formula is C22H23N3O5S4. The SMILES string of the molecule is CSCC[C@H](NC(=O)c1ccc(CSS(=O)(=O)Nc2nccs2)cc1-c1ccccc1)C(=O)O. The number of thiazole rings is 1. The molecule has 0 bridgehead atoms. The van der Waals surface area contributed by atoms with Gasteiger partial charge in [-0.25, -0.2) is 14.5 Å². The van der Waals surface area contributed by atoms with Gasteiger partial charge in [0.15, 0.2) is 5.13 Å². The number of carbonyl (C=O) groups excluding carboxylic acids is 1. The molecule has 0 fully saturated rings. The fraction of sp³-hybridized carbons (Fsp3) is 0.227. The molecule has 3 aromatic rings. The molecule has 3 rings (SSSR count). The predicted octanol–water partition coefficient (Wildman–Crippen LogP) is 4.34. The first-order valence-corrected chi connectivity index (χ1v) is 15.3. The number of nitrogens with zero attached hydrogens (tertiary/aromatic N) is 1. The fourth-order valence-corrected chi connectivity index (χ4v) is 6.63. The molecule has 8 nitrogen and oxygen atoms in total. The van der Waals surface area contributed by atoms with Crippen LogP contribution in [0.1, 0.15) is 22.3 Å². The largest absolute Gasteiger partial charge is 0.480 e. The summed E-state index contributed by atoms with van der Waals surface area (Å²) in [6.45, 7) is 0. The van der Waals surface area contributed by atoms with Gasteiger partial charge in [0.1, 0.15) is 6.04 Å². The van der Waals surface area contributed by atoms with Gasteiger partial charge in [-0.1, -0.05) is 36.4 Å². The molecule has 12 heteroatoms. The van der Waals surface area contributed by atoms with Crippen LogP contribution in [0.25, 0.3) is 11.1 Å². The first-order valence-electron chi connectivity index (χ1n) is 10.1. The van der Waals surface area contributed by atoms with E-state index >= 15 is 0 Å². The summed E-state index contributed by atoms with van der Waals surface area (Å²) in [5, 5.41) is 14.0. The van der Waals surface area contributed by atoms with Gasteiger partial charge in [-0.3, -0.25) is 4.79 Å². The Bertz CT molecular complexity index is 1220. The normalized spacial score (nSPS) is 12.1. The third kappa shape index (κ3) is 7.49. The Labute approximate surface area is 210 Å². The van der Waals surface area contributed by atoms with Gasteiger partial charge in [-0.05, 0) is 58.0 Å². The molecule has 0 saturated heterocycles. The minimum atomic E-state index is -3.67. The number of rotatable bonds is 12. The number of hydrogen-bond donors (Lipinski definition) is 3. The van der Waals surface area contributed by atoms with E-state index in [0.29, 0.717) is 34.0 Å². The minimum Gasteiger partial charge on any atom is -0.480 e. The Morgan fingerprint density at radius 1 is 1.18 bits per heavy atom. The molecule has 3 N–H and O–H groups in total. The molecule has 180 valence electrons. The van der Waals surface area contributed by atoms with Crippen LogP contribution in [0, 0.1) is 0 Å². The number of benzene rings is 2. The second-order valence-electron chi connectivity index (χ2n) is 7.05. The van der Waals surface area contributed by atoms with E-state index in [1.54, 1.807) is 23.6 Å². The standard InChI is InChI=1S/C22H23N3O5S4/c1-31-11-9-19(21(27)28)24-20(26)17-8-7-15(13-18(17)16-5-3-2-4-6-16)14-33-34(29,30)25-22-23-10-12-32-22/h2-8,10,12-13,19H,9,11,14H2,1H3,(H,23,25)(H,24,26)(H,27,28)/t19-/m0/s1. The Balaban J connectivity index is 1.83. The number of hydrogen-bond acceptors (Lipinski definition) is 8. The number of carbonyl (C=O) groups is 2. The van der Waals surface area contributed by atoms with Crippen LogP contribution < -0.4 is 10.0 Å². The summed E-state index contributed by atoms with van der Waals surface area (Å²) in [5.74, 6) is -0.838. The smallest absolute Gasteiger partial charge is 0.326 e. The molecule has 0 spiro atoms. The van der Waals surface area contributed by atoms with Crippen molar-refractivity contribution in [3.05, 3.63) is 71.2 Å². The van der Waals surface area contributed by atoms with Crippen LogP contribution in [-0.4, -0.2) is 48.4 Å². The van der Waals surface area contributed by atoms with Gasteiger partial charge in [-0.2, -0.15) is 20.2 Å². The molecule has 0 aliphatic carbocycles. The molecule has 0 saturated carbocycles. The maximum absolute atomic E-state index is 13.0. The molecule has 34 heavy (non-hydrogen) atoms. The van der Waals surface area contributed by atoms with Crippen molar-refractivity contribution >= 4 is 60.0 Å². The van der Waals surface area contributed by atoms with Crippen molar-refractivity contribution in [2.75, 3.05) is 16.7 Å². The summed E-state index contributed by atoms with van der Waals surface area (Å²) >= 11 is 2.69. The van der Waals surface area contributed by atoms with Gasteiger partial charge in [0.25, 0.3) is 15.0 Å². The number of amides is 1. The van der Waals surface area contributed by atoms with E-state index in [-0.39, 0.29) is 5.75 Å². The number of aliphatic carboxylic acids is 1. The summed E-state index contributed by atoms with van der Waals surface area (Å²) in [4.78, 5) is 28.5. The highest BCUT2D eigenvalue weighted by atomic mass is 33.1. The molecular weight excluding hydrogens is 515 g/mol. The molecule has 1 atom stereocenters. The van der Waals surface area contributed by atoms with Crippen molar-refractivity contribution in [1.82, 2.24) is 10.3 Å². The summed E-state index contributed by atoms with van der Waals surface area (Å²) < 4.78 is 27.2. The number of aromatic nitrogens is 1. The number of nitrogens with one attached hydrogen (secondary N) is 2. The monoisotopic (exact) mass is 537 g/mol. The van der Waals surface area contributed by atoms with Crippen molar-refractivity contribution in [1.29, 1.82) is 0 Å². The van der Waals surface area contributed by atoms with E-state index in [1.807, 2.05) is 36.6 Å². The van der Waals surface area contributed by atoms with Crippen molar-refractivity contribution in [2.24, 2.45) is 0 Å². The lowest BCUT2D eigenvalue weighted by molar-refractivity contribution is -0.139. The Morgan fingerprint density at radius 3 is 2.59 bits per heavy atom. The molecule has 0 unspecified atom stereocenters. The van der Waals surface area contributed by atoms with Gasteiger partial charge >= 0.3 is 5.97 Å². The predicted molar refractivity (Wildman–Crippen MR) is 140 cm³/mol. The average Bonchev–Trinajstić information content (AvgIpc) is 3.33. The van der Waals surface area contributed by atoms with Crippen LogP contribution >= 0.6 is 33.9 Å². The summed E-state index contributed by atoms with van der Waals surface area (Å²) in [7, 11) is -2.95. The lowest BCUT2D eigenvalue weighted by Gasteiger charge is -2.17. The summed E-state index contributed by atoms with van der Waals surface area (Å²) in [5.41, 5.74) is 2.37.